The highest BCUT2D eigenvalue weighted by Crippen LogP contribution is 2.21. The molecular weight excluding hydrogens is 497 g/mol. The Labute approximate surface area is 189 Å². The Morgan fingerprint density at radius 1 is 1.23 bits per heavy atom. The van der Waals surface area contributed by atoms with Gasteiger partial charge in [0.1, 0.15) is 5.82 Å². The fraction of sp³-hybridized carbons (Fsp3) is 0.158. The molecule has 0 unspecified atom stereocenters. The van der Waals surface area contributed by atoms with Crippen LogP contribution < -0.4 is 10.6 Å². The maximum Gasteiger partial charge on any atom is 0.252 e. The van der Waals surface area contributed by atoms with Crippen molar-refractivity contribution in [3.05, 3.63) is 69.2 Å². The third-order valence-electron chi connectivity index (χ3n) is 3.99. The van der Waals surface area contributed by atoms with Gasteiger partial charge in [-0.15, -0.1) is 10.2 Å². The maximum absolute atomic E-state index is 13.2. The van der Waals surface area contributed by atoms with Crippen molar-refractivity contribution in [3.63, 3.8) is 0 Å². The summed E-state index contributed by atoms with van der Waals surface area (Å²) >= 11 is 10.2. The molecule has 0 saturated carbocycles. The van der Waals surface area contributed by atoms with Gasteiger partial charge in [-0.25, -0.2) is 4.39 Å². The van der Waals surface area contributed by atoms with Crippen LogP contribution in [0, 0.1) is 5.82 Å². The van der Waals surface area contributed by atoms with Crippen LogP contribution in [0.15, 0.2) is 52.1 Å². The Morgan fingerprint density at radius 2 is 2.00 bits per heavy atom. The predicted octanol–water partition coefficient (Wildman–Crippen LogP) is 4.03. The van der Waals surface area contributed by atoms with Gasteiger partial charge in [-0.05, 0) is 46.3 Å². The molecule has 156 valence electrons. The topological polar surface area (TPSA) is 88.9 Å². The van der Waals surface area contributed by atoms with Gasteiger partial charge < -0.3 is 15.2 Å². The van der Waals surface area contributed by atoms with E-state index in [1.165, 1.54) is 30.0 Å². The molecule has 2 aromatic carbocycles. The monoisotopic (exact) mass is 511 g/mol. The molecule has 0 aliphatic heterocycles. The van der Waals surface area contributed by atoms with Crippen LogP contribution in [0.5, 0.6) is 0 Å². The zero-order valence-electron chi connectivity index (χ0n) is 15.7. The molecular formula is C19H16BrClFN5O2S. The Hall–Kier alpha value is -2.43. The van der Waals surface area contributed by atoms with Gasteiger partial charge in [0.25, 0.3) is 5.91 Å². The van der Waals surface area contributed by atoms with Crippen molar-refractivity contribution in [2.24, 2.45) is 7.05 Å². The van der Waals surface area contributed by atoms with Gasteiger partial charge in [0.15, 0.2) is 11.0 Å². The number of nitrogens with zero attached hydrogens (tertiary/aromatic N) is 3. The van der Waals surface area contributed by atoms with Crippen molar-refractivity contribution in [1.29, 1.82) is 0 Å². The van der Waals surface area contributed by atoms with E-state index in [4.69, 9.17) is 11.6 Å². The number of amides is 2. The van der Waals surface area contributed by atoms with Crippen molar-refractivity contribution in [2.45, 2.75) is 11.7 Å². The van der Waals surface area contributed by atoms with Crippen molar-refractivity contribution >= 4 is 56.8 Å². The van der Waals surface area contributed by atoms with Crippen molar-refractivity contribution in [2.75, 3.05) is 11.1 Å². The van der Waals surface area contributed by atoms with Crippen LogP contribution in [-0.4, -0.2) is 32.3 Å². The van der Waals surface area contributed by atoms with Crippen LogP contribution in [0.3, 0.4) is 0 Å². The molecule has 7 nitrogen and oxygen atoms in total. The van der Waals surface area contributed by atoms with E-state index in [1.54, 1.807) is 29.8 Å². The second-order valence-corrected chi connectivity index (χ2v) is 8.29. The molecule has 0 atom stereocenters. The first kappa shape index (κ1) is 22.3. The van der Waals surface area contributed by atoms with E-state index in [-0.39, 0.29) is 29.1 Å². The Kier molecular flexibility index (Phi) is 7.46. The number of hydrogen-bond donors (Lipinski definition) is 2. The Morgan fingerprint density at radius 3 is 2.73 bits per heavy atom. The standard InChI is InChI=1S/C19H16BrClFN5O2S/c1-27-16(9-23-18(29)12-4-2-3-5-13(12)20)25-26-19(27)30-10-17(28)24-11-6-7-15(22)14(21)8-11/h2-8H,9-10H2,1H3,(H,23,29)(H,24,28). The Balaban J connectivity index is 1.53. The third kappa shape index (κ3) is 5.59. The van der Waals surface area contributed by atoms with Crippen LogP contribution >= 0.6 is 39.3 Å². The molecule has 0 aliphatic carbocycles. The SMILES string of the molecule is Cn1c(CNC(=O)c2ccccc2Br)nnc1SCC(=O)Nc1ccc(F)c(Cl)c1. The minimum Gasteiger partial charge on any atom is -0.345 e. The van der Waals surface area contributed by atoms with Gasteiger partial charge in [0, 0.05) is 17.2 Å². The summed E-state index contributed by atoms with van der Waals surface area (Å²) in [6.45, 7) is 0.185. The molecule has 1 aromatic heterocycles. The molecule has 0 spiro atoms. The van der Waals surface area contributed by atoms with E-state index in [0.29, 0.717) is 26.7 Å². The first-order valence-electron chi connectivity index (χ1n) is 8.64. The normalized spacial score (nSPS) is 10.7. The fourth-order valence-corrected chi connectivity index (χ4v) is 3.80. The lowest BCUT2D eigenvalue weighted by molar-refractivity contribution is -0.113. The maximum atomic E-state index is 13.2. The highest BCUT2D eigenvalue weighted by molar-refractivity contribution is 9.10. The average molecular weight is 513 g/mol. The molecule has 2 N–H and O–H groups in total. The van der Waals surface area contributed by atoms with E-state index in [2.05, 4.69) is 36.8 Å². The predicted molar refractivity (Wildman–Crippen MR) is 117 cm³/mol. The van der Waals surface area contributed by atoms with Gasteiger partial charge in [-0.3, -0.25) is 9.59 Å². The van der Waals surface area contributed by atoms with Crippen LogP contribution in [0.4, 0.5) is 10.1 Å². The second-order valence-electron chi connectivity index (χ2n) is 6.09. The van der Waals surface area contributed by atoms with Gasteiger partial charge in [-0.2, -0.15) is 0 Å². The molecule has 3 rings (SSSR count). The average Bonchev–Trinajstić information content (AvgIpc) is 3.07. The minimum absolute atomic E-state index is 0.0667. The number of nitrogens with one attached hydrogen (secondary N) is 2. The summed E-state index contributed by atoms with van der Waals surface area (Å²) < 4.78 is 15.6. The highest BCUT2D eigenvalue weighted by Gasteiger charge is 2.14. The molecule has 2 amide bonds. The molecule has 0 fully saturated rings. The number of thioether (sulfide) groups is 1. The van der Waals surface area contributed by atoms with Crippen molar-refractivity contribution in [1.82, 2.24) is 20.1 Å². The lowest BCUT2D eigenvalue weighted by Gasteiger charge is -2.08. The van der Waals surface area contributed by atoms with E-state index in [1.807, 2.05) is 6.07 Å². The first-order valence-corrected chi connectivity index (χ1v) is 10.8. The number of carbonyl (C=O) groups excluding carboxylic acids is 2. The van der Waals surface area contributed by atoms with Gasteiger partial charge in [-0.1, -0.05) is 35.5 Å². The van der Waals surface area contributed by atoms with E-state index < -0.39 is 5.82 Å². The van der Waals surface area contributed by atoms with Crippen molar-refractivity contribution in [3.8, 4) is 0 Å². The molecule has 0 saturated heterocycles. The summed E-state index contributed by atoms with van der Waals surface area (Å²) in [7, 11) is 1.75. The molecule has 11 heteroatoms. The van der Waals surface area contributed by atoms with Crippen LogP contribution in [0.1, 0.15) is 16.2 Å². The van der Waals surface area contributed by atoms with Crippen LogP contribution in [0.2, 0.25) is 5.02 Å². The number of benzene rings is 2. The first-order chi connectivity index (χ1) is 14.3. The largest absolute Gasteiger partial charge is 0.345 e. The number of carbonyl (C=O) groups is 2. The minimum atomic E-state index is -0.553. The van der Waals surface area contributed by atoms with E-state index >= 15 is 0 Å². The van der Waals surface area contributed by atoms with Gasteiger partial charge >= 0.3 is 0 Å². The highest BCUT2D eigenvalue weighted by atomic mass is 79.9. The second kappa shape index (κ2) is 10.1. The molecule has 0 aliphatic rings. The Bertz CT molecular complexity index is 1090. The summed E-state index contributed by atoms with van der Waals surface area (Å²) in [5.41, 5.74) is 0.923. The molecule has 30 heavy (non-hydrogen) atoms. The number of halogens is 3. The third-order valence-corrected chi connectivity index (χ3v) is 5.99. The summed E-state index contributed by atoms with van der Waals surface area (Å²) in [6.07, 6.45) is 0. The summed E-state index contributed by atoms with van der Waals surface area (Å²) in [6, 6.07) is 11.1. The number of hydrogen-bond acceptors (Lipinski definition) is 5. The van der Waals surface area contributed by atoms with Crippen LogP contribution in [0.25, 0.3) is 0 Å². The number of aromatic nitrogens is 3. The molecule has 0 radical (unpaired) electrons. The molecule has 3 aromatic rings. The molecule has 1 heterocycles. The van der Waals surface area contributed by atoms with Crippen molar-refractivity contribution < 1.29 is 14.0 Å². The quantitative estimate of drug-likeness (QED) is 0.467. The smallest absolute Gasteiger partial charge is 0.252 e. The van der Waals surface area contributed by atoms with Crippen LogP contribution in [-0.2, 0) is 18.4 Å². The fourth-order valence-electron chi connectivity index (χ4n) is 2.43. The summed E-state index contributed by atoms with van der Waals surface area (Å²) in [4.78, 5) is 24.4. The lowest BCUT2D eigenvalue weighted by Crippen LogP contribution is -2.24. The summed E-state index contributed by atoms with van der Waals surface area (Å²) in [5, 5.41) is 14.0. The zero-order chi connectivity index (χ0) is 21.7. The zero-order valence-corrected chi connectivity index (χ0v) is 18.8. The summed E-state index contributed by atoms with van der Waals surface area (Å²) in [5.74, 6) is -0.470. The number of anilines is 1. The van der Waals surface area contributed by atoms with E-state index in [0.717, 1.165) is 0 Å². The lowest BCUT2D eigenvalue weighted by atomic mass is 10.2. The van der Waals surface area contributed by atoms with Gasteiger partial charge in [0.2, 0.25) is 5.91 Å². The molecule has 0 bridgehead atoms. The van der Waals surface area contributed by atoms with Gasteiger partial charge in [0.05, 0.1) is 22.9 Å². The van der Waals surface area contributed by atoms with E-state index in [9.17, 15) is 14.0 Å². The number of rotatable bonds is 7.